The van der Waals surface area contributed by atoms with Gasteiger partial charge in [-0.15, -0.1) is 0 Å². The fourth-order valence-electron chi connectivity index (χ4n) is 5.28. The summed E-state index contributed by atoms with van der Waals surface area (Å²) in [6.45, 7) is 5.19. The summed E-state index contributed by atoms with van der Waals surface area (Å²) in [5.41, 5.74) is -1.54. The average Bonchev–Trinajstić information content (AvgIpc) is 3.28. The lowest BCUT2D eigenvalue weighted by Gasteiger charge is -2.42. The summed E-state index contributed by atoms with van der Waals surface area (Å²) in [6.07, 6.45) is -2.06. The second-order valence-electron chi connectivity index (χ2n) is 10.0. The summed E-state index contributed by atoms with van der Waals surface area (Å²) in [5, 5.41) is 0. The molecule has 1 amide bonds. The number of alkyl halides is 3. The maximum atomic E-state index is 13.7. The van der Waals surface area contributed by atoms with Crippen LogP contribution in [-0.4, -0.2) is 56.4 Å². The first-order valence-electron chi connectivity index (χ1n) is 12.2. The van der Waals surface area contributed by atoms with Gasteiger partial charge in [0.1, 0.15) is 11.6 Å². The normalized spacial score (nSPS) is 23.1. The molecular weight excluding hydrogens is 512 g/mol. The lowest BCUT2D eigenvalue weighted by Crippen LogP contribution is -2.54. The van der Waals surface area contributed by atoms with Crippen molar-refractivity contribution in [2.75, 3.05) is 31.1 Å². The van der Waals surface area contributed by atoms with Crippen molar-refractivity contribution in [2.24, 2.45) is 11.3 Å². The van der Waals surface area contributed by atoms with Gasteiger partial charge in [0.05, 0.1) is 15.9 Å². The molecule has 0 radical (unpaired) electrons. The highest BCUT2D eigenvalue weighted by Crippen LogP contribution is 2.46. The average molecular weight is 543 g/mol. The first-order chi connectivity index (χ1) is 17.3. The Morgan fingerprint density at radius 2 is 1.84 bits per heavy atom. The summed E-state index contributed by atoms with van der Waals surface area (Å²) in [6, 6.07) is 6.23. The third-order valence-corrected chi connectivity index (χ3v) is 8.99. The number of hydrogen-bond acceptors (Lipinski definition) is 5. The van der Waals surface area contributed by atoms with E-state index < -0.39 is 39.0 Å². The number of anilines is 1. The Morgan fingerprint density at radius 1 is 1.14 bits per heavy atom. The van der Waals surface area contributed by atoms with E-state index in [-0.39, 0.29) is 22.5 Å². The van der Waals surface area contributed by atoms with E-state index in [1.54, 1.807) is 9.80 Å². The molecule has 1 N–H and O–H groups in total. The van der Waals surface area contributed by atoms with Gasteiger partial charge in [-0.2, -0.15) is 13.2 Å². The standard InChI is InChI=1S/C25H30F4N4O3S/c1-17(2)24(8-6-20(16-24)31-37(35,36)21-5-3-4-19(26)15-21)23(34)33-12-10-32(11-13-33)22-14-18(7-9-30-22)25(27,28)29/h3-5,7,9,14-15,17,20,31H,6,8,10-13,16H2,1-2H3/t20-,24+/m1/s1. The van der Waals surface area contributed by atoms with Gasteiger partial charge < -0.3 is 9.80 Å². The van der Waals surface area contributed by atoms with Gasteiger partial charge in [-0.25, -0.2) is 22.5 Å². The number of halogens is 4. The lowest BCUT2D eigenvalue weighted by atomic mass is 9.74. The molecule has 1 aromatic heterocycles. The highest BCUT2D eigenvalue weighted by molar-refractivity contribution is 7.89. The molecule has 0 unspecified atom stereocenters. The number of sulfonamides is 1. The van der Waals surface area contributed by atoms with Crippen LogP contribution < -0.4 is 9.62 Å². The highest BCUT2D eigenvalue weighted by Gasteiger charge is 2.50. The predicted octanol–water partition coefficient (Wildman–Crippen LogP) is 4.06. The van der Waals surface area contributed by atoms with Crippen LogP contribution in [0.3, 0.4) is 0 Å². The number of aromatic nitrogens is 1. The molecule has 2 aliphatic rings. The Labute approximate surface area is 213 Å². The largest absolute Gasteiger partial charge is 0.416 e. The van der Waals surface area contributed by atoms with E-state index in [1.807, 2.05) is 13.8 Å². The third-order valence-electron chi connectivity index (χ3n) is 7.47. The highest BCUT2D eigenvalue weighted by atomic mass is 32.2. The summed E-state index contributed by atoms with van der Waals surface area (Å²) >= 11 is 0. The Bertz CT molecular complexity index is 1250. The lowest BCUT2D eigenvalue weighted by molar-refractivity contribution is -0.145. The van der Waals surface area contributed by atoms with Crippen LogP contribution in [0, 0.1) is 17.2 Å². The van der Waals surface area contributed by atoms with E-state index in [2.05, 4.69) is 9.71 Å². The van der Waals surface area contributed by atoms with Gasteiger partial charge in [0.2, 0.25) is 15.9 Å². The molecule has 1 saturated carbocycles. The van der Waals surface area contributed by atoms with E-state index >= 15 is 0 Å². The number of hydrogen-bond donors (Lipinski definition) is 1. The van der Waals surface area contributed by atoms with Crippen LogP contribution in [0.15, 0.2) is 47.5 Å². The van der Waals surface area contributed by atoms with Crippen LogP contribution >= 0.6 is 0 Å². The van der Waals surface area contributed by atoms with Gasteiger partial charge >= 0.3 is 6.18 Å². The minimum Gasteiger partial charge on any atom is -0.353 e. The van der Waals surface area contributed by atoms with Crippen molar-refractivity contribution in [2.45, 2.75) is 50.2 Å². The molecule has 1 aliphatic heterocycles. The van der Waals surface area contributed by atoms with Gasteiger partial charge in [0.15, 0.2) is 0 Å². The SMILES string of the molecule is CC(C)[C@]1(C(=O)N2CCN(c3cc(C(F)(F)F)ccn3)CC2)CC[C@@H](NS(=O)(=O)c2cccc(F)c2)C1. The van der Waals surface area contributed by atoms with Gasteiger partial charge in [0.25, 0.3) is 0 Å². The Kier molecular flexibility index (Phi) is 7.53. The number of benzene rings is 1. The van der Waals surface area contributed by atoms with Crippen molar-refractivity contribution < 1.29 is 30.8 Å². The van der Waals surface area contributed by atoms with Gasteiger partial charge in [-0.1, -0.05) is 19.9 Å². The molecule has 1 aromatic carbocycles. The summed E-state index contributed by atoms with van der Waals surface area (Å²) in [4.78, 5) is 21.1. The van der Waals surface area contributed by atoms with E-state index in [9.17, 15) is 30.8 Å². The molecule has 7 nitrogen and oxygen atoms in total. The monoisotopic (exact) mass is 542 g/mol. The van der Waals surface area contributed by atoms with Crippen molar-refractivity contribution >= 4 is 21.7 Å². The Hall–Kier alpha value is -2.73. The number of rotatable bonds is 6. The topological polar surface area (TPSA) is 82.6 Å². The smallest absolute Gasteiger partial charge is 0.353 e. The van der Waals surface area contributed by atoms with Crippen LogP contribution in [0.2, 0.25) is 0 Å². The minimum absolute atomic E-state index is 0.0631. The molecule has 0 bridgehead atoms. The molecule has 0 spiro atoms. The van der Waals surface area contributed by atoms with Gasteiger partial charge in [0, 0.05) is 38.4 Å². The molecule has 2 heterocycles. The summed E-state index contributed by atoms with van der Waals surface area (Å²) < 4.78 is 81.0. The zero-order chi connectivity index (χ0) is 27.0. The first-order valence-corrected chi connectivity index (χ1v) is 13.7. The molecule has 4 rings (SSSR count). The number of carbonyl (C=O) groups is 1. The van der Waals surface area contributed by atoms with E-state index in [0.717, 1.165) is 24.4 Å². The van der Waals surface area contributed by atoms with Crippen molar-refractivity contribution in [1.82, 2.24) is 14.6 Å². The number of pyridine rings is 1. The Balaban J connectivity index is 1.43. The van der Waals surface area contributed by atoms with Crippen molar-refractivity contribution in [1.29, 1.82) is 0 Å². The second kappa shape index (κ2) is 10.2. The van der Waals surface area contributed by atoms with Gasteiger partial charge in [-0.3, -0.25) is 4.79 Å². The van der Waals surface area contributed by atoms with Crippen LogP contribution in [0.5, 0.6) is 0 Å². The Morgan fingerprint density at radius 3 is 2.46 bits per heavy atom. The zero-order valence-electron chi connectivity index (χ0n) is 20.6. The fraction of sp³-hybridized carbons (Fsp3) is 0.520. The van der Waals surface area contributed by atoms with Crippen LogP contribution in [-0.2, 0) is 21.0 Å². The van der Waals surface area contributed by atoms with E-state index in [1.165, 1.54) is 18.2 Å². The number of piperazine rings is 1. The zero-order valence-corrected chi connectivity index (χ0v) is 21.4. The van der Waals surface area contributed by atoms with Gasteiger partial charge in [-0.05, 0) is 55.5 Å². The maximum absolute atomic E-state index is 13.7. The molecule has 202 valence electrons. The van der Waals surface area contributed by atoms with Crippen LogP contribution in [0.4, 0.5) is 23.4 Å². The van der Waals surface area contributed by atoms with E-state index in [4.69, 9.17) is 0 Å². The molecule has 2 fully saturated rings. The fourth-order valence-corrected chi connectivity index (χ4v) is 6.59. The number of carbonyl (C=O) groups excluding carboxylic acids is 1. The predicted molar refractivity (Wildman–Crippen MR) is 130 cm³/mol. The van der Waals surface area contributed by atoms with Crippen molar-refractivity contribution in [3.05, 3.63) is 54.0 Å². The maximum Gasteiger partial charge on any atom is 0.416 e. The summed E-state index contributed by atoms with van der Waals surface area (Å²) in [7, 11) is -3.95. The molecule has 12 heteroatoms. The number of nitrogens with one attached hydrogen (secondary N) is 1. The minimum atomic E-state index is -4.46. The van der Waals surface area contributed by atoms with Crippen LogP contribution in [0.25, 0.3) is 0 Å². The van der Waals surface area contributed by atoms with Crippen molar-refractivity contribution in [3.8, 4) is 0 Å². The molecule has 2 aromatic rings. The number of nitrogens with zero attached hydrogens (tertiary/aromatic N) is 3. The third kappa shape index (κ3) is 5.74. The molecular formula is C25H30F4N4O3S. The molecule has 2 atom stereocenters. The summed E-state index contributed by atoms with van der Waals surface area (Å²) in [5.74, 6) is -0.577. The number of amides is 1. The van der Waals surface area contributed by atoms with Crippen molar-refractivity contribution in [3.63, 3.8) is 0 Å². The molecule has 1 aliphatic carbocycles. The van der Waals surface area contributed by atoms with E-state index in [0.29, 0.717) is 45.4 Å². The first kappa shape index (κ1) is 27.3. The quantitative estimate of drug-likeness (QED) is 0.557. The second-order valence-corrected chi connectivity index (χ2v) is 11.7. The molecule has 37 heavy (non-hydrogen) atoms. The van der Waals surface area contributed by atoms with Crippen LogP contribution in [0.1, 0.15) is 38.7 Å². The molecule has 1 saturated heterocycles.